The van der Waals surface area contributed by atoms with Gasteiger partial charge >= 0.3 is 11.9 Å². The number of hydrogen-bond donors (Lipinski definition) is 0. The summed E-state index contributed by atoms with van der Waals surface area (Å²) in [4.78, 5) is 34.4. The summed E-state index contributed by atoms with van der Waals surface area (Å²) >= 11 is 0. The first-order valence-electron chi connectivity index (χ1n) is 6.81. The molecule has 0 saturated heterocycles. The molecule has 0 radical (unpaired) electrons. The standard InChI is InChI=1S/C15H26O5/c1-14(2,3)11(16)7-8-12(17)19-9-10-20-13(18)15(4,5)6/h7-10H2,1-6H3. The Hall–Kier alpha value is -1.39. The topological polar surface area (TPSA) is 69.7 Å². The second-order valence-electron chi connectivity index (χ2n) is 6.78. The highest BCUT2D eigenvalue weighted by molar-refractivity contribution is 5.86. The van der Waals surface area contributed by atoms with Gasteiger partial charge in [-0.25, -0.2) is 0 Å². The van der Waals surface area contributed by atoms with E-state index in [0.29, 0.717) is 0 Å². The molecule has 0 amide bonds. The smallest absolute Gasteiger partial charge is 0.311 e. The molecule has 0 unspecified atom stereocenters. The zero-order chi connectivity index (χ0) is 16.0. The van der Waals surface area contributed by atoms with Crippen LogP contribution in [0.25, 0.3) is 0 Å². The molecule has 0 bridgehead atoms. The Bertz CT molecular complexity index is 357. The monoisotopic (exact) mass is 286 g/mol. The first-order valence-corrected chi connectivity index (χ1v) is 6.81. The Morgan fingerprint density at radius 3 is 1.70 bits per heavy atom. The minimum Gasteiger partial charge on any atom is -0.462 e. The number of carbonyl (C=O) groups is 3. The Balaban J connectivity index is 3.81. The van der Waals surface area contributed by atoms with E-state index in [4.69, 9.17) is 9.47 Å². The number of esters is 2. The quantitative estimate of drug-likeness (QED) is 0.554. The van der Waals surface area contributed by atoms with E-state index < -0.39 is 16.8 Å². The highest BCUT2D eigenvalue weighted by Gasteiger charge is 2.23. The van der Waals surface area contributed by atoms with Crippen LogP contribution in [0, 0.1) is 10.8 Å². The number of hydrogen-bond acceptors (Lipinski definition) is 5. The van der Waals surface area contributed by atoms with Crippen LogP contribution in [0.15, 0.2) is 0 Å². The molecule has 0 spiro atoms. The van der Waals surface area contributed by atoms with Crippen molar-refractivity contribution in [1.82, 2.24) is 0 Å². The molecule has 0 aromatic heterocycles. The normalized spacial score (nSPS) is 11.9. The van der Waals surface area contributed by atoms with E-state index in [-0.39, 0.29) is 37.8 Å². The van der Waals surface area contributed by atoms with Crippen molar-refractivity contribution in [1.29, 1.82) is 0 Å². The average Bonchev–Trinajstić information content (AvgIpc) is 2.28. The predicted molar refractivity (Wildman–Crippen MR) is 75.1 cm³/mol. The van der Waals surface area contributed by atoms with Crippen LogP contribution >= 0.6 is 0 Å². The molecule has 0 N–H and O–H groups in total. The number of ketones is 1. The van der Waals surface area contributed by atoms with Crippen LogP contribution in [-0.4, -0.2) is 30.9 Å². The van der Waals surface area contributed by atoms with Crippen molar-refractivity contribution in [2.24, 2.45) is 10.8 Å². The third-order valence-corrected chi connectivity index (χ3v) is 2.58. The van der Waals surface area contributed by atoms with Gasteiger partial charge in [0.05, 0.1) is 11.8 Å². The van der Waals surface area contributed by atoms with Crippen LogP contribution in [0.3, 0.4) is 0 Å². The Morgan fingerprint density at radius 2 is 1.25 bits per heavy atom. The van der Waals surface area contributed by atoms with Crippen LogP contribution in [0.4, 0.5) is 0 Å². The highest BCUT2D eigenvalue weighted by Crippen LogP contribution is 2.18. The van der Waals surface area contributed by atoms with E-state index >= 15 is 0 Å². The van der Waals surface area contributed by atoms with Gasteiger partial charge in [-0.15, -0.1) is 0 Å². The van der Waals surface area contributed by atoms with Crippen LogP contribution in [0.5, 0.6) is 0 Å². The van der Waals surface area contributed by atoms with E-state index in [0.717, 1.165) is 0 Å². The summed E-state index contributed by atoms with van der Waals surface area (Å²) < 4.78 is 9.85. The third kappa shape index (κ3) is 7.92. The van der Waals surface area contributed by atoms with Crippen LogP contribution in [0.1, 0.15) is 54.4 Å². The van der Waals surface area contributed by atoms with Crippen molar-refractivity contribution in [3.63, 3.8) is 0 Å². The van der Waals surface area contributed by atoms with E-state index in [1.165, 1.54) is 0 Å². The molecule has 0 aliphatic rings. The maximum atomic E-state index is 11.6. The second-order valence-corrected chi connectivity index (χ2v) is 6.78. The Kier molecular flexibility index (Phi) is 6.89. The van der Waals surface area contributed by atoms with E-state index in [1.54, 1.807) is 20.8 Å². The van der Waals surface area contributed by atoms with Gasteiger partial charge in [0.2, 0.25) is 0 Å². The summed E-state index contributed by atoms with van der Waals surface area (Å²) in [6.45, 7) is 10.7. The van der Waals surface area contributed by atoms with Crippen molar-refractivity contribution in [2.45, 2.75) is 54.4 Å². The van der Waals surface area contributed by atoms with Gasteiger partial charge in [-0.1, -0.05) is 20.8 Å². The lowest BCUT2D eigenvalue weighted by atomic mass is 9.88. The lowest BCUT2D eigenvalue weighted by molar-refractivity contribution is -0.158. The van der Waals surface area contributed by atoms with E-state index in [9.17, 15) is 14.4 Å². The van der Waals surface area contributed by atoms with E-state index in [1.807, 2.05) is 20.8 Å². The molecule has 20 heavy (non-hydrogen) atoms. The molecule has 0 aliphatic heterocycles. The zero-order valence-corrected chi connectivity index (χ0v) is 13.4. The number of rotatable bonds is 6. The first kappa shape index (κ1) is 18.6. The molecule has 0 rings (SSSR count). The first-order chi connectivity index (χ1) is 8.94. The van der Waals surface area contributed by atoms with Crippen LogP contribution < -0.4 is 0 Å². The molecule has 0 aromatic carbocycles. The minimum atomic E-state index is -0.566. The van der Waals surface area contributed by atoms with Crippen molar-refractivity contribution in [3.8, 4) is 0 Å². The van der Waals surface area contributed by atoms with Gasteiger partial charge in [-0.3, -0.25) is 14.4 Å². The molecule has 0 heterocycles. The summed E-state index contributed by atoms with van der Waals surface area (Å²) in [6.07, 6.45) is 0.230. The molecule has 0 aromatic rings. The summed E-state index contributed by atoms with van der Waals surface area (Å²) in [5, 5.41) is 0. The predicted octanol–water partition coefficient (Wildman–Crippen LogP) is 2.51. The summed E-state index contributed by atoms with van der Waals surface area (Å²) in [6, 6.07) is 0. The minimum absolute atomic E-state index is 0.0182. The Morgan fingerprint density at radius 1 is 0.750 bits per heavy atom. The molecule has 5 nitrogen and oxygen atoms in total. The highest BCUT2D eigenvalue weighted by atomic mass is 16.6. The summed E-state index contributed by atoms with van der Waals surface area (Å²) in [5.41, 5.74) is -1.01. The molecular formula is C15H26O5. The summed E-state index contributed by atoms with van der Waals surface area (Å²) in [5.74, 6) is -0.764. The van der Waals surface area contributed by atoms with Gasteiger partial charge in [-0.2, -0.15) is 0 Å². The van der Waals surface area contributed by atoms with Gasteiger partial charge in [0.25, 0.3) is 0 Å². The fourth-order valence-electron chi connectivity index (χ4n) is 1.17. The molecular weight excluding hydrogens is 260 g/mol. The van der Waals surface area contributed by atoms with Crippen molar-refractivity contribution >= 4 is 17.7 Å². The molecule has 116 valence electrons. The van der Waals surface area contributed by atoms with Crippen LogP contribution in [0.2, 0.25) is 0 Å². The SMILES string of the molecule is CC(C)(C)C(=O)CCC(=O)OCCOC(=O)C(C)(C)C. The number of carbonyl (C=O) groups excluding carboxylic acids is 3. The molecule has 0 aliphatic carbocycles. The maximum absolute atomic E-state index is 11.6. The zero-order valence-electron chi connectivity index (χ0n) is 13.4. The lowest BCUT2D eigenvalue weighted by Gasteiger charge is -2.17. The van der Waals surface area contributed by atoms with Gasteiger partial charge in [0, 0.05) is 11.8 Å². The van der Waals surface area contributed by atoms with Crippen LogP contribution in [-0.2, 0) is 23.9 Å². The van der Waals surface area contributed by atoms with Crippen molar-refractivity contribution in [2.75, 3.05) is 13.2 Å². The largest absolute Gasteiger partial charge is 0.462 e. The molecule has 5 heteroatoms. The maximum Gasteiger partial charge on any atom is 0.311 e. The average molecular weight is 286 g/mol. The van der Waals surface area contributed by atoms with Crippen molar-refractivity contribution in [3.05, 3.63) is 0 Å². The number of ether oxygens (including phenoxy) is 2. The Labute approximate surface area is 121 Å². The van der Waals surface area contributed by atoms with E-state index in [2.05, 4.69) is 0 Å². The van der Waals surface area contributed by atoms with Gasteiger partial charge in [0.1, 0.15) is 19.0 Å². The van der Waals surface area contributed by atoms with Gasteiger partial charge in [0.15, 0.2) is 0 Å². The lowest BCUT2D eigenvalue weighted by Crippen LogP contribution is -2.25. The molecule has 0 saturated carbocycles. The third-order valence-electron chi connectivity index (χ3n) is 2.58. The fourth-order valence-corrected chi connectivity index (χ4v) is 1.17. The molecule has 0 atom stereocenters. The second kappa shape index (κ2) is 7.41. The fraction of sp³-hybridized carbons (Fsp3) is 0.800. The summed E-state index contributed by atoms with van der Waals surface area (Å²) in [7, 11) is 0. The van der Waals surface area contributed by atoms with Gasteiger partial charge in [-0.05, 0) is 20.8 Å². The molecule has 0 fully saturated rings. The number of Topliss-reactive ketones (excluding diaryl/α,β-unsaturated/α-hetero) is 1. The van der Waals surface area contributed by atoms with Crippen molar-refractivity contribution < 1.29 is 23.9 Å². The van der Waals surface area contributed by atoms with Gasteiger partial charge < -0.3 is 9.47 Å².